The summed E-state index contributed by atoms with van der Waals surface area (Å²) >= 11 is 0. The molecule has 3 nitrogen and oxygen atoms in total. The second-order valence-electron chi connectivity index (χ2n) is 2.91. The zero-order valence-corrected chi connectivity index (χ0v) is 7.37. The van der Waals surface area contributed by atoms with Gasteiger partial charge in [0.2, 0.25) is 0 Å². The fourth-order valence-electron chi connectivity index (χ4n) is 1.33. The quantitative estimate of drug-likeness (QED) is 0.711. The Hall–Kier alpha value is -1.64. The molecular weight excluding hydrogens is 164 g/mol. The summed E-state index contributed by atoms with van der Waals surface area (Å²) in [6.45, 7) is 1.96. The van der Waals surface area contributed by atoms with E-state index in [4.69, 9.17) is 0 Å². The fourth-order valence-corrected chi connectivity index (χ4v) is 1.33. The van der Waals surface area contributed by atoms with Crippen molar-refractivity contribution in [1.82, 2.24) is 9.97 Å². The summed E-state index contributed by atoms with van der Waals surface area (Å²) in [6, 6.07) is 5.50. The molecule has 0 bridgehead atoms. The average molecular weight is 174 g/mol. The highest BCUT2D eigenvalue weighted by Gasteiger charge is 1.99. The Balaban J connectivity index is 2.81. The molecule has 2 aromatic heterocycles. The molecule has 0 radical (unpaired) electrons. The van der Waals surface area contributed by atoms with Gasteiger partial charge in [0.1, 0.15) is 0 Å². The van der Waals surface area contributed by atoms with Crippen molar-refractivity contribution in [3.05, 3.63) is 40.3 Å². The number of hydrogen-bond acceptors (Lipinski definition) is 2. The van der Waals surface area contributed by atoms with Gasteiger partial charge in [-0.25, -0.2) is 0 Å². The first kappa shape index (κ1) is 7.98. The van der Waals surface area contributed by atoms with Crippen LogP contribution < -0.4 is 5.56 Å². The maximum Gasteiger partial charge on any atom is 0.251 e. The fraction of sp³-hybridized carbons (Fsp3) is 0.200. The van der Waals surface area contributed by atoms with Crippen molar-refractivity contribution in [2.24, 2.45) is 0 Å². The van der Waals surface area contributed by atoms with Crippen molar-refractivity contribution < 1.29 is 0 Å². The molecule has 3 heteroatoms. The summed E-state index contributed by atoms with van der Waals surface area (Å²) in [5, 5.41) is 0. The van der Waals surface area contributed by atoms with Crippen molar-refractivity contribution in [2.75, 3.05) is 0 Å². The third-order valence-corrected chi connectivity index (χ3v) is 2.07. The van der Waals surface area contributed by atoms with Crippen LogP contribution in [0.3, 0.4) is 0 Å². The molecule has 0 saturated carbocycles. The van der Waals surface area contributed by atoms with E-state index < -0.39 is 0 Å². The number of nitrogens with zero attached hydrogens (tertiary/aromatic N) is 1. The van der Waals surface area contributed by atoms with Crippen LogP contribution >= 0.6 is 0 Å². The van der Waals surface area contributed by atoms with Crippen molar-refractivity contribution in [3.8, 4) is 0 Å². The highest BCUT2D eigenvalue weighted by Crippen LogP contribution is 2.06. The van der Waals surface area contributed by atoms with Gasteiger partial charge in [0.25, 0.3) is 5.56 Å². The summed E-state index contributed by atoms with van der Waals surface area (Å²) in [4.78, 5) is 18.3. The minimum Gasteiger partial charge on any atom is -0.320 e. The monoisotopic (exact) mass is 174 g/mol. The molecule has 13 heavy (non-hydrogen) atoms. The molecule has 0 aliphatic rings. The van der Waals surface area contributed by atoms with Crippen molar-refractivity contribution >= 4 is 11.0 Å². The minimum absolute atomic E-state index is 0.0111. The molecule has 0 aliphatic carbocycles. The smallest absolute Gasteiger partial charge is 0.251 e. The Morgan fingerprint density at radius 2 is 2.38 bits per heavy atom. The van der Waals surface area contributed by atoms with E-state index in [1.807, 2.05) is 25.1 Å². The van der Waals surface area contributed by atoms with Crippen LogP contribution in [-0.4, -0.2) is 9.97 Å². The molecule has 66 valence electrons. The third-order valence-electron chi connectivity index (χ3n) is 2.07. The number of H-pyrrole nitrogens is 1. The molecule has 0 spiro atoms. The van der Waals surface area contributed by atoms with Gasteiger partial charge in [-0.2, -0.15) is 0 Å². The van der Waals surface area contributed by atoms with Crippen LogP contribution in [0, 0.1) is 0 Å². The Kier molecular flexibility index (Phi) is 1.85. The van der Waals surface area contributed by atoms with E-state index in [2.05, 4.69) is 9.97 Å². The van der Waals surface area contributed by atoms with E-state index in [0.29, 0.717) is 0 Å². The number of rotatable bonds is 1. The molecule has 0 aliphatic heterocycles. The normalized spacial score (nSPS) is 10.5. The summed E-state index contributed by atoms with van der Waals surface area (Å²) in [6.07, 6.45) is 2.46. The summed E-state index contributed by atoms with van der Waals surface area (Å²) < 4.78 is 0. The number of hydrogen-bond donors (Lipinski definition) is 1. The predicted molar refractivity (Wildman–Crippen MR) is 51.7 cm³/mol. The third kappa shape index (κ3) is 1.33. The first-order valence-corrected chi connectivity index (χ1v) is 4.28. The molecule has 0 saturated heterocycles. The first-order chi connectivity index (χ1) is 6.31. The molecular formula is C10H10N2O. The standard InChI is InChI=1S/C10H10N2O/c1-2-7-6-9-8(12-10(7)13)4-3-5-11-9/h3-6H,2H2,1H3,(H,12,13). The Morgan fingerprint density at radius 3 is 3.15 bits per heavy atom. The second kappa shape index (κ2) is 3.01. The molecule has 0 fully saturated rings. The lowest BCUT2D eigenvalue weighted by Gasteiger charge is -1.98. The van der Waals surface area contributed by atoms with E-state index in [9.17, 15) is 4.79 Å². The zero-order valence-electron chi connectivity index (χ0n) is 7.37. The van der Waals surface area contributed by atoms with Gasteiger partial charge in [0.15, 0.2) is 0 Å². The predicted octanol–water partition coefficient (Wildman–Crippen LogP) is 1.49. The van der Waals surface area contributed by atoms with Gasteiger partial charge >= 0.3 is 0 Å². The van der Waals surface area contributed by atoms with Gasteiger partial charge < -0.3 is 4.98 Å². The maximum absolute atomic E-state index is 11.4. The van der Waals surface area contributed by atoms with Gasteiger partial charge in [0.05, 0.1) is 11.0 Å². The zero-order chi connectivity index (χ0) is 9.26. The van der Waals surface area contributed by atoms with E-state index >= 15 is 0 Å². The maximum atomic E-state index is 11.4. The SMILES string of the molecule is CCc1cc2ncccc2[nH]c1=O. The largest absolute Gasteiger partial charge is 0.320 e. The molecule has 0 amide bonds. The lowest BCUT2D eigenvalue weighted by atomic mass is 10.2. The van der Waals surface area contributed by atoms with Crippen molar-refractivity contribution in [2.45, 2.75) is 13.3 Å². The van der Waals surface area contributed by atoms with Gasteiger partial charge in [0, 0.05) is 11.8 Å². The second-order valence-corrected chi connectivity index (χ2v) is 2.91. The number of fused-ring (bicyclic) bond motifs is 1. The number of aryl methyl sites for hydroxylation is 1. The highest BCUT2D eigenvalue weighted by atomic mass is 16.1. The molecule has 2 rings (SSSR count). The van der Waals surface area contributed by atoms with Crippen LogP contribution in [0.4, 0.5) is 0 Å². The van der Waals surface area contributed by atoms with E-state index in [1.165, 1.54) is 0 Å². The Labute approximate surface area is 75.4 Å². The summed E-state index contributed by atoms with van der Waals surface area (Å²) in [5.74, 6) is 0. The molecule has 0 aromatic carbocycles. The number of pyridine rings is 2. The highest BCUT2D eigenvalue weighted by molar-refractivity contribution is 5.73. The van der Waals surface area contributed by atoms with Gasteiger partial charge in [-0.3, -0.25) is 9.78 Å². The number of aromatic amines is 1. The van der Waals surface area contributed by atoms with Crippen molar-refractivity contribution in [3.63, 3.8) is 0 Å². The first-order valence-electron chi connectivity index (χ1n) is 4.28. The number of nitrogens with one attached hydrogen (secondary N) is 1. The van der Waals surface area contributed by atoms with Crippen LogP contribution in [-0.2, 0) is 6.42 Å². The topological polar surface area (TPSA) is 45.8 Å². The van der Waals surface area contributed by atoms with E-state index in [1.54, 1.807) is 6.20 Å². The lowest BCUT2D eigenvalue weighted by molar-refractivity contribution is 1.08. The molecule has 0 atom stereocenters. The van der Waals surface area contributed by atoms with Crippen LogP contribution in [0.25, 0.3) is 11.0 Å². The minimum atomic E-state index is -0.0111. The van der Waals surface area contributed by atoms with Crippen molar-refractivity contribution in [1.29, 1.82) is 0 Å². The lowest BCUT2D eigenvalue weighted by Crippen LogP contribution is -2.11. The Bertz CT molecular complexity index is 487. The van der Waals surface area contributed by atoms with Crippen LogP contribution in [0.2, 0.25) is 0 Å². The molecule has 0 unspecified atom stereocenters. The average Bonchev–Trinajstić information content (AvgIpc) is 2.17. The van der Waals surface area contributed by atoms with Crippen LogP contribution in [0.1, 0.15) is 12.5 Å². The Morgan fingerprint density at radius 1 is 1.54 bits per heavy atom. The van der Waals surface area contributed by atoms with Crippen LogP contribution in [0.15, 0.2) is 29.2 Å². The number of aromatic nitrogens is 2. The molecule has 1 N–H and O–H groups in total. The summed E-state index contributed by atoms with van der Waals surface area (Å²) in [5.41, 5.74) is 2.41. The molecule has 2 heterocycles. The molecule has 2 aromatic rings. The van der Waals surface area contributed by atoms with Gasteiger partial charge in [-0.15, -0.1) is 0 Å². The van der Waals surface area contributed by atoms with Gasteiger partial charge in [-0.05, 0) is 24.6 Å². The van der Waals surface area contributed by atoms with Gasteiger partial charge in [-0.1, -0.05) is 6.92 Å². The summed E-state index contributed by atoms with van der Waals surface area (Å²) in [7, 11) is 0. The van der Waals surface area contributed by atoms with Crippen LogP contribution in [0.5, 0.6) is 0 Å². The van der Waals surface area contributed by atoms with E-state index in [0.717, 1.165) is 23.0 Å². The van der Waals surface area contributed by atoms with E-state index in [-0.39, 0.29) is 5.56 Å².